The van der Waals surface area contributed by atoms with Crippen molar-refractivity contribution >= 4 is 27.9 Å². The lowest BCUT2D eigenvalue weighted by molar-refractivity contribution is -0.0764. The Morgan fingerprint density at radius 2 is 2.07 bits per heavy atom. The summed E-state index contributed by atoms with van der Waals surface area (Å²) in [5.41, 5.74) is 1.04. The molecule has 4 rings (SSSR count). The number of rotatable bonds is 4. The minimum atomic E-state index is -0.129. The summed E-state index contributed by atoms with van der Waals surface area (Å²) in [6.45, 7) is 7.70. The van der Waals surface area contributed by atoms with E-state index in [9.17, 15) is 5.11 Å². The Morgan fingerprint density at radius 1 is 1.33 bits per heavy atom. The van der Waals surface area contributed by atoms with Gasteiger partial charge in [0.2, 0.25) is 10.8 Å². The molecule has 1 aliphatic rings. The summed E-state index contributed by atoms with van der Waals surface area (Å²) in [6, 6.07) is 7.69. The molecule has 0 aliphatic carbocycles. The molecule has 1 fully saturated rings. The van der Waals surface area contributed by atoms with Crippen molar-refractivity contribution in [2.45, 2.75) is 45.4 Å². The van der Waals surface area contributed by atoms with Crippen molar-refractivity contribution in [3.05, 3.63) is 45.6 Å². The van der Waals surface area contributed by atoms with Crippen molar-refractivity contribution < 1.29 is 9.84 Å². The van der Waals surface area contributed by atoms with E-state index in [1.807, 2.05) is 31.2 Å². The summed E-state index contributed by atoms with van der Waals surface area (Å²) in [5, 5.41) is 16.0. The highest BCUT2D eigenvalue weighted by Gasteiger charge is 2.34. The quantitative estimate of drug-likeness (QED) is 0.711. The van der Waals surface area contributed by atoms with E-state index >= 15 is 0 Å². The van der Waals surface area contributed by atoms with Gasteiger partial charge in [0.25, 0.3) is 0 Å². The average molecular weight is 407 g/mol. The Hall–Kier alpha value is -1.67. The number of hydrogen-bond donors (Lipinski definition) is 1. The van der Waals surface area contributed by atoms with Crippen LogP contribution in [0.4, 0.5) is 0 Å². The highest BCUT2D eigenvalue weighted by Crippen LogP contribution is 2.41. The Kier molecular flexibility index (Phi) is 5.11. The molecule has 3 aromatic rings. The van der Waals surface area contributed by atoms with Crippen LogP contribution in [-0.4, -0.2) is 49.9 Å². The fourth-order valence-electron chi connectivity index (χ4n) is 3.75. The fourth-order valence-corrected chi connectivity index (χ4v) is 5.09. The summed E-state index contributed by atoms with van der Waals surface area (Å²) in [4.78, 5) is 8.40. The third-order valence-electron chi connectivity index (χ3n) is 4.79. The topological polar surface area (TPSA) is 62.9 Å². The molecule has 1 saturated heterocycles. The van der Waals surface area contributed by atoms with Gasteiger partial charge in [-0.15, -0.1) is 5.10 Å². The third-order valence-corrected chi connectivity index (χ3v) is 6.09. The van der Waals surface area contributed by atoms with Crippen molar-refractivity contribution in [2.24, 2.45) is 0 Å². The van der Waals surface area contributed by atoms with Gasteiger partial charge in [0.15, 0.2) is 5.82 Å². The molecular weight excluding hydrogens is 384 g/mol. The van der Waals surface area contributed by atoms with Crippen LogP contribution in [0, 0.1) is 0 Å². The SMILES string of the molecule is CCc1nc2sc([C@H](c3cccc(Cl)c3)N3C[C@@H](C)O[C@H](C)C3)c(O)n2n1. The maximum atomic E-state index is 10.9. The number of halogens is 1. The normalized spacial score (nSPS) is 22.4. The molecule has 1 N–H and O–H groups in total. The Labute approximate surface area is 167 Å². The lowest BCUT2D eigenvalue weighted by atomic mass is 10.0. The number of nitrogens with zero attached hydrogens (tertiary/aromatic N) is 4. The molecule has 1 aromatic carbocycles. The minimum absolute atomic E-state index is 0.117. The molecule has 0 spiro atoms. The van der Waals surface area contributed by atoms with E-state index in [1.165, 1.54) is 11.3 Å². The van der Waals surface area contributed by atoms with Gasteiger partial charge >= 0.3 is 0 Å². The number of aryl methyl sites for hydroxylation is 1. The van der Waals surface area contributed by atoms with Crippen molar-refractivity contribution in [1.82, 2.24) is 19.5 Å². The van der Waals surface area contributed by atoms with Crippen LogP contribution in [0.5, 0.6) is 5.88 Å². The molecule has 2 aromatic heterocycles. The van der Waals surface area contributed by atoms with Crippen LogP contribution in [0.15, 0.2) is 24.3 Å². The van der Waals surface area contributed by atoms with E-state index in [0.29, 0.717) is 9.98 Å². The first-order valence-electron chi connectivity index (χ1n) is 9.18. The number of morpholine rings is 1. The second kappa shape index (κ2) is 7.39. The Bertz CT molecular complexity index is 946. The summed E-state index contributed by atoms with van der Waals surface area (Å²) in [6.07, 6.45) is 0.970. The molecular formula is C19H23ClN4O2S. The zero-order valence-corrected chi connectivity index (χ0v) is 17.2. The predicted molar refractivity (Wildman–Crippen MR) is 107 cm³/mol. The number of thiazole rings is 1. The lowest BCUT2D eigenvalue weighted by Gasteiger charge is -2.40. The maximum absolute atomic E-state index is 10.9. The van der Waals surface area contributed by atoms with Gasteiger partial charge in [-0.05, 0) is 31.5 Å². The average Bonchev–Trinajstić information content (AvgIpc) is 3.14. The maximum Gasteiger partial charge on any atom is 0.230 e. The molecule has 27 heavy (non-hydrogen) atoms. The molecule has 1 aliphatic heterocycles. The fraction of sp³-hybridized carbons (Fsp3) is 0.474. The molecule has 0 unspecified atom stereocenters. The molecule has 0 bridgehead atoms. The number of aromatic nitrogens is 3. The smallest absolute Gasteiger partial charge is 0.230 e. The van der Waals surface area contributed by atoms with Gasteiger partial charge in [-0.2, -0.15) is 4.52 Å². The number of hydrogen-bond acceptors (Lipinski definition) is 6. The van der Waals surface area contributed by atoms with Crippen LogP contribution in [0.3, 0.4) is 0 Å². The third kappa shape index (κ3) is 3.57. The van der Waals surface area contributed by atoms with Crippen molar-refractivity contribution in [2.75, 3.05) is 13.1 Å². The lowest BCUT2D eigenvalue weighted by Crippen LogP contribution is -2.47. The second-order valence-electron chi connectivity index (χ2n) is 7.03. The van der Waals surface area contributed by atoms with Crippen molar-refractivity contribution in [3.63, 3.8) is 0 Å². The summed E-state index contributed by atoms with van der Waals surface area (Å²) < 4.78 is 7.46. The zero-order valence-electron chi connectivity index (χ0n) is 15.6. The minimum Gasteiger partial charge on any atom is -0.492 e. The molecule has 144 valence electrons. The van der Waals surface area contributed by atoms with Crippen LogP contribution in [-0.2, 0) is 11.2 Å². The monoisotopic (exact) mass is 406 g/mol. The van der Waals surface area contributed by atoms with Crippen LogP contribution in [0.25, 0.3) is 4.96 Å². The van der Waals surface area contributed by atoms with Gasteiger partial charge in [0, 0.05) is 24.5 Å². The first kappa shape index (κ1) is 18.7. The van der Waals surface area contributed by atoms with E-state index in [-0.39, 0.29) is 24.1 Å². The molecule has 3 heterocycles. The first-order chi connectivity index (χ1) is 13.0. The van der Waals surface area contributed by atoms with Crippen LogP contribution in [0.1, 0.15) is 43.1 Å². The number of benzene rings is 1. The van der Waals surface area contributed by atoms with Gasteiger partial charge in [-0.1, -0.05) is 42.0 Å². The van der Waals surface area contributed by atoms with E-state index in [0.717, 1.165) is 35.8 Å². The summed E-state index contributed by atoms with van der Waals surface area (Å²) >= 11 is 7.76. The van der Waals surface area contributed by atoms with Crippen LogP contribution >= 0.6 is 22.9 Å². The highest BCUT2D eigenvalue weighted by molar-refractivity contribution is 7.17. The molecule has 0 radical (unpaired) electrons. The standard InChI is InChI=1S/C19H23ClN4O2S/c1-4-15-21-19-24(22-15)18(25)17(27-19)16(13-6-5-7-14(20)8-13)23-9-11(2)26-12(3)10-23/h5-8,11-12,16,25H,4,9-10H2,1-3H3/t11-,12-,16+/m1/s1. The number of aromatic hydroxyl groups is 1. The van der Waals surface area contributed by atoms with Gasteiger partial charge in [0.1, 0.15) is 0 Å². The van der Waals surface area contributed by atoms with E-state index in [1.54, 1.807) is 4.52 Å². The van der Waals surface area contributed by atoms with E-state index < -0.39 is 0 Å². The second-order valence-corrected chi connectivity index (χ2v) is 8.48. The van der Waals surface area contributed by atoms with E-state index in [2.05, 4.69) is 28.8 Å². The predicted octanol–water partition coefficient (Wildman–Crippen LogP) is 3.91. The molecule has 0 saturated carbocycles. The van der Waals surface area contributed by atoms with Crippen LogP contribution < -0.4 is 0 Å². The molecule has 3 atom stereocenters. The largest absolute Gasteiger partial charge is 0.492 e. The Balaban J connectivity index is 1.82. The molecule has 0 amide bonds. The van der Waals surface area contributed by atoms with Crippen LogP contribution in [0.2, 0.25) is 5.02 Å². The van der Waals surface area contributed by atoms with Crippen molar-refractivity contribution in [1.29, 1.82) is 0 Å². The number of ether oxygens (including phenoxy) is 1. The van der Waals surface area contributed by atoms with Gasteiger partial charge in [-0.25, -0.2) is 4.98 Å². The first-order valence-corrected chi connectivity index (χ1v) is 10.4. The molecule has 8 heteroatoms. The highest BCUT2D eigenvalue weighted by atomic mass is 35.5. The zero-order chi connectivity index (χ0) is 19.1. The van der Waals surface area contributed by atoms with E-state index in [4.69, 9.17) is 16.3 Å². The summed E-state index contributed by atoms with van der Waals surface area (Å²) in [5.74, 6) is 0.884. The molecule has 6 nitrogen and oxygen atoms in total. The summed E-state index contributed by atoms with van der Waals surface area (Å²) in [7, 11) is 0. The van der Waals surface area contributed by atoms with Crippen molar-refractivity contribution in [3.8, 4) is 5.88 Å². The van der Waals surface area contributed by atoms with Gasteiger partial charge in [-0.3, -0.25) is 4.90 Å². The Morgan fingerprint density at radius 3 is 2.70 bits per heavy atom. The van der Waals surface area contributed by atoms with Gasteiger partial charge < -0.3 is 9.84 Å². The number of fused-ring (bicyclic) bond motifs is 1. The van der Waals surface area contributed by atoms with Gasteiger partial charge in [0.05, 0.1) is 23.1 Å².